The number of carbonyl (C=O) groups is 1. The lowest BCUT2D eigenvalue weighted by Crippen LogP contribution is -2.45. The molecular weight excluding hydrogens is 288 g/mol. The van der Waals surface area contributed by atoms with Crippen molar-refractivity contribution in [3.8, 4) is 5.75 Å². The Morgan fingerprint density at radius 2 is 1.78 bits per heavy atom. The third-order valence-corrected chi connectivity index (χ3v) is 4.63. The monoisotopic (exact) mass is 308 g/mol. The molecule has 0 N–H and O–H groups in total. The van der Waals surface area contributed by atoms with Crippen molar-refractivity contribution < 1.29 is 9.53 Å². The van der Waals surface area contributed by atoms with Gasteiger partial charge >= 0.3 is 0 Å². The number of hydrogen-bond acceptors (Lipinski definition) is 3. The molecule has 0 fully saturated rings. The smallest absolute Gasteiger partial charge is 0.242 e. The Balaban J connectivity index is 1.47. The molecule has 0 saturated carbocycles. The minimum atomic E-state index is 0.191. The van der Waals surface area contributed by atoms with Gasteiger partial charge < -0.3 is 14.5 Å². The van der Waals surface area contributed by atoms with E-state index in [1.165, 1.54) is 11.1 Å². The fourth-order valence-corrected chi connectivity index (χ4v) is 3.36. The van der Waals surface area contributed by atoms with Crippen LogP contribution in [-0.4, -0.2) is 37.0 Å². The number of hydrogen-bond donors (Lipinski definition) is 0. The van der Waals surface area contributed by atoms with Crippen molar-refractivity contribution in [2.75, 3.05) is 31.1 Å². The molecule has 0 unspecified atom stereocenters. The minimum absolute atomic E-state index is 0.191. The summed E-state index contributed by atoms with van der Waals surface area (Å²) in [6, 6.07) is 16.3. The number of carbonyl (C=O) groups excluding carboxylic acids is 1. The summed E-state index contributed by atoms with van der Waals surface area (Å²) in [6.07, 6.45) is 0.946. The molecule has 2 aliphatic heterocycles. The third kappa shape index (κ3) is 2.77. The van der Waals surface area contributed by atoms with Crippen LogP contribution in [0.25, 0.3) is 0 Å². The van der Waals surface area contributed by atoms with Crippen LogP contribution in [0.5, 0.6) is 5.75 Å². The first-order chi connectivity index (χ1) is 11.3. The molecule has 118 valence electrons. The zero-order valence-corrected chi connectivity index (χ0v) is 13.1. The molecule has 0 bridgehead atoms. The molecule has 2 aliphatic rings. The molecule has 4 rings (SSSR count). The quantitative estimate of drug-likeness (QED) is 0.854. The number of benzene rings is 2. The zero-order chi connectivity index (χ0) is 15.6. The zero-order valence-electron chi connectivity index (χ0n) is 13.1. The third-order valence-electron chi connectivity index (χ3n) is 4.63. The van der Waals surface area contributed by atoms with Gasteiger partial charge in [0.1, 0.15) is 12.4 Å². The topological polar surface area (TPSA) is 32.8 Å². The second-order valence-electron chi connectivity index (χ2n) is 6.07. The summed E-state index contributed by atoms with van der Waals surface area (Å²) < 4.78 is 5.66. The largest absolute Gasteiger partial charge is 0.490 e. The van der Waals surface area contributed by atoms with Crippen molar-refractivity contribution in [1.29, 1.82) is 0 Å². The van der Waals surface area contributed by atoms with E-state index in [1.54, 1.807) is 0 Å². The number of anilines is 1. The Bertz CT molecular complexity index is 729. The molecule has 0 aromatic heterocycles. The van der Waals surface area contributed by atoms with E-state index in [2.05, 4.69) is 23.1 Å². The normalized spacial score (nSPS) is 16.3. The number of para-hydroxylation sites is 2. The van der Waals surface area contributed by atoms with Gasteiger partial charge in [-0.05, 0) is 29.7 Å². The highest BCUT2D eigenvalue weighted by atomic mass is 16.5. The summed E-state index contributed by atoms with van der Waals surface area (Å²) in [5.74, 6) is 1.06. The highest BCUT2D eigenvalue weighted by molar-refractivity contribution is 5.82. The lowest BCUT2D eigenvalue weighted by Gasteiger charge is -2.34. The molecule has 0 radical (unpaired) electrons. The molecule has 2 aromatic carbocycles. The number of rotatable bonds is 2. The van der Waals surface area contributed by atoms with Crippen LogP contribution < -0.4 is 9.64 Å². The van der Waals surface area contributed by atoms with E-state index in [1.807, 2.05) is 35.2 Å². The first-order valence-corrected chi connectivity index (χ1v) is 8.12. The highest BCUT2D eigenvalue weighted by Crippen LogP contribution is 2.31. The maximum Gasteiger partial charge on any atom is 0.242 e. The van der Waals surface area contributed by atoms with Gasteiger partial charge in [-0.1, -0.05) is 36.4 Å². The van der Waals surface area contributed by atoms with Crippen LogP contribution in [0.4, 0.5) is 5.69 Å². The standard InChI is InChI=1S/C19H20N2O2/c22-19(21-10-9-15-5-1-2-6-16(15)13-21)14-20-11-12-23-18-8-4-3-7-17(18)20/h1-8H,9-14H2. The number of fused-ring (bicyclic) bond motifs is 2. The molecule has 2 heterocycles. The lowest BCUT2D eigenvalue weighted by atomic mass is 10.00. The van der Waals surface area contributed by atoms with Crippen LogP contribution in [0.1, 0.15) is 11.1 Å². The van der Waals surface area contributed by atoms with E-state index < -0.39 is 0 Å². The molecule has 4 nitrogen and oxygen atoms in total. The average Bonchev–Trinajstić information content (AvgIpc) is 2.61. The van der Waals surface area contributed by atoms with E-state index >= 15 is 0 Å². The summed E-state index contributed by atoms with van der Waals surface area (Å²) in [7, 11) is 0. The van der Waals surface area contributed by atoms with Gasteiger partial charge in [0.05, 0.1) is 18.8 Å². The first-order valence-electron chi connectivity index (χ1n) is 8.12. The molecule has 0 spiro atoms. The van der Waals surface area contributed by atoms with Crippen LogP contribution in [0.15, 0.2) is 48.5 Å². The summed E-state index contributed by atoms with van der Waals surface area (Å²) in [5, 5.41) is 0. The van der Waals surface area contributed by atoms with Gasteiger partial charge in [0.2, 0.25) is 5.91 Å². The number of amides is 1. The molecular formula is C19H20N2O2. The van der Waals surface area contributed by atoms with Gasteiger partial charge in [-0.2, -0.15) is 0 Å². The molecule has 4 heteroatoms. The van der Waals surface area contributed by atoms with E-state index in [0.717, 1.165) is 37.5 Å². The van der Waals surface area contributed by atoms with Crippen molar-refractivity contribution >= 4 is 11.6 Å². The average molecular weight is 308 g/mol. The number of ether oxygens (including phenoxy) is 1. The highest BCUT2D eigenvalue weighted by Gasteiger charge is 2.25. The molecule has 1 amide bonds. The maximum absolute atomic E-state index is 12.7. The van der Waals surface area contributed by atoms with Crippen LogP contribution in [-0.2, 0) is 17.8 Å². The van der Waals surface area contributed by atoms with Gasteiger partial charge in [0.15, 0.2) is 0 Å². The van der Waals surface area contributed by atoms with Crippen molar-refractivity contribution in [2.45, 2.75) is 13.0 Å². The van der Waals surface area contributed by atoms with Gasteiger partial charge in [-0.25, -0.2) is 0 Å². The van der Waals surface area contributed by atoms with Crippen molar-refractivity contribution in [3.05, 3.63) is 59.7 Å². The molecule has 0 saturated heterocycles. The summed E-state index contributed by atoms with van der Waals surface area (Å²) in [5.41, 5.74) is 3.66. The van der Waals surface area contributed by atoms with Crippen LogP contribution in [0.3, 0.4) is 0 Å². The Kier molecular flexibility index (Phi) is 3.66. The van der Waals surface area contributed by atoms with E-state index in [4.69, 9.17) is 4.74 Å². The van der Waals surface area contributed by atoms with Crippen molar-refractivity contribution in [1.82, 2.24) is 4.90 Å². The Morgan fingerprint density at radius 1 is 1.00 bits per heavy atom. The lowest BCUT2D eigenvalue weighted by molar-refractivity contribution is -0.130. The SMILES string of the molecule is O=C(CN1CCOc2ccccc21)N1CCc2ccccc2C1. The Morgan fingerprint density at radius 3 is 2.70 bits per heavy atom. The molecule has 23 heavy (non-hydrogen) atoms. The second kappa shape index (κ2) is 5.95. The Labute approximate surface area is 136 Å². The van der Waals surface area contributed by atoms with Gasteiger partial charge in [0.25, 0.3) is 0 Å². The summed E-state index contributed by atoms with van der Waals surface area (Å²) in [4.78, 5) is 16.8. The fraction of sp³-hybridized carbons (Fsp3) is 0.316. The van der Waals surface area contributed by atoms with Crippen molar-refractivity contribution in [2.24, 2.45) is 0 Å². The van der Waals surface area contributed by atoms with Gasteiger partial charge in [0, 0.05) is 13.1 Å². The fourth-order valence-electron chi connectivity index (χ4n) is 3.36. The van der Waals surface area contributed by atoms with Crippen molar-refractivity contribution in [3.63, 3.8) is 0 Å². The van der Waals surface area contributed by atoms with Crippen LogP contribution >= 0.6 is 0 Å². The summed E-state index contributed by atoms with van der Waals surface area (Å²) in [6.45, 7) is 3.34. The van der Waals surface area contributed by atoms with E-state index in [-0.39, 0.29) is 5.91 Å². The van der Waals surface area contributed by atoms with E-state index in [0.29, 0.717) is 13.2 Å². The minimum Gasteiger partial charge on any atom is -0.490 e. The molecule has 2 aromatic rings. The van der Waals surface area contributed by atoms with Gasteiger partial charge in [-0.3, -0.25) is 4.79 Å². The first kappa shape index (κ1) is 14.1. The van der Waals surface area contributed by atoms with Crippen LogP contribution in [0, 0.1) is 0 Å². The molecule has 0 atom stereocenters. The molecule has 0 aliphatic carbocycles. The second-order valence-corrected chi connectivity index (χ2v) is 6.07. The van der Waals surface area contributed by atoms with Gasteiger partial charge in [-0.15, -0.1) is 0 Å². The predicted molar refractivity (Wildman–Crippen MR) is 89.7 cm³/mol. The Hall–Kier alpha value is -2.49. The van der Waals surface area contributed by atoms with Crippen LogP contribution in [0.2, 0.25) is 0 Å². The summed E-state index contributed by atoms with van der Waals surface area (Å²) >= 11 is 0. The predicted octanol–water partition coefficient (Wildman–Crippen LogP) is 2.47. The maximum atomic E-state index is 12.7. The number of nitrogens with zero attached hydrogens (tertiary/aromatic N) is 2. The van der Waals surface area contributed by atoms with E-state index in [9.17, 15) is 4.79 Å².